The van der Waals surface area contributed by atoms with Gasteiger partial charge in [-0.25, -0.2) is 9.50 Å². The van der Waals surface area contributed by atoms with E-state index >= 15 is 0 Å². The normalized spacial score (nSPS) is 11.6. The molecule has 0 fully saturated rings. The van der Waals surface area contributed by atoms with Gasteiger partial charge in [-0.3, -0.25) is 9.48 Å². The number of alkyl halides is 3. The van der Waals surface area contributed by atoms with Crippen LogP contribution in [0.5, 0.6) is 11.5 Å². The molecule has 41 heavy (non-hydrogen) atoms. The fraction of sp³-hybridized carbons (Fsp3) is 0.214. The number of anilines is 1. The van der Waals surface area contributed by atoms with Crippen LogP contribution in [0.15, 0.2) is 54.6 Å². The molecule has 0 saturated carbocycles. The molecule has 0 aliphatic carbocycles. The molecule has 0 unspecified atom stereocenters. The molecule has 3 heterocycles. The van der Waals surface area contributed by atoms with Crippen molar-refractivity contribution in [2.75, 3.05) is 19.5 Å². The van der Waals surface area contributed by atoms with E-state index in [2.05, 4.69) is 20.5 Å². The maximum Gasteiger partial charge on any atom is 0.433 e. The minimum atomic E-state index is -4.81. The third kappa shape index (κ3) is 5.42. The number of nitrogens with one attached hydrogen (secondary N) is 1. The van der Waals surface area contributed by atoms with Gasteiger partial charge in [0.05, 0.1) is 43.5 Å². The summed E-state index contributed by atoms with van der Waals surface area (Å²) in [4.78, 5) is 17.6. The van der Waals surface area contributed by atoms with Gasteiger partial charge in [-0.15, -0.1) is 0 Å². The predicted octanol–water partition coefficient (Wildman–Crippen LogP) is 6.20. The Kier molecular flexibility index (Phi) is 7.35. The monoisotopic (exact) mass is 584 g/mol. The highest BCUT2D eigenvalue weighted by Crippen LogP contribution is 2.35. The zero-order chi connectivity index (χ0) is 29.5. The Labute approximate surface area is 237 Å². The number of aromatic nitrogens is 5. The van der Waals surface area contributed by atoms with Crippen molar-refractivity contribution in [1.82, 2.24) is 24.4 Å². The van der Waals surface area contributed by atoms with Gasteiger partial charge < -0.3 is 14.8 Å². The van der Waals surface area contributed by atoms with Gasteiger partial charge in [0.1, 0.15) is 16.5 Å². The smallest absolute Gasteiger partial charge is 0.433 e. The average Bonchev–Trinajstić information content (AvgIpc) is 3.42. The number of hydrogen-bond acceptors (Lipinski definition) is 6. The van der Waals surface area contributed by atoms with Crippen molar-refractivity contribution in [3.63, 3.8) is 0 Å². The van der Waals surface area contributed by atoms with E-state index in [4.69, 9.17) is 21.1 Å². The van der Waals surface area contributed by atoms with E-state index in [1.807, 2.05) is 24.3 Å². The van der Waals surface area contributed by atoms with Crippen molar-refractivity contribution >= 4 is 28.8 Å². The number of aryl methyl sites for hydroxylation is 1. The van der Waals surface area contributed by atoms with E-state index in [1.54, 1.807) is 49.9 Å². The lowest BCUT2D eigenvalue weighted by atomic mass is 10.1. The van der Waals surface area contributed by atoms with Crippen LogP contribution in [0, 0.1) is 13.8 Å². The van der Waals surface area contributed by atoms with Gasteiger partial charge in [-0.1, -0.05) is 35.9 Å². The fourth-order valence-electron chi connectivity index (χ4n) is 4.42. The van der Waals surface area contributed by atoms with Gasteiger partial charge in [0.15, 0.2) is 17.0 Å². The van der Waals surface area contributed by atoms with Gasteiger partial charge in [0.2, 0.25) is 0 Å². The number of fused-ring (bicyclic) bond motifs is 1. The molecule has 5 rings (SSSR count). The second-order valence-electron chi connectivity index (χ2n) is 9.16. The molecule has 0 spiro atoms. The van der Waals surface area contributed by atoms with Crippen LogP contribution in [-0.2, 0) is 12.7 Å². The third-order valence-corrected chi connectivity index (χ3v) is 6.84. The van der Waals surface area contributed by atoms with Crippen LogP contribution in [0.25, 0.3) is 16.9 Å². The highest BCUT2D eigenvalue weighted by Gasteiger charge is 2.37. The molecule has 13 heteroatoms. The summed E-state index contributed by atoms with van der Waals surface area (Å²) in [5.41, 5.74) is 0.957. The average molecular weight is 585 g/mol. The quantitative estimate of drug-likeness (QED) is 0.245. The van der Waals surface area contributed by atoms with Crippen LogP contribution in [0.1, 0.15) is 33.1 Å². The third-order valence-electron chi connectivity index (χ3n) is 6.49. The highest BCUT2D eigenvalue weighted by molar-refractivity contribution is 6.37. The summed E-state index contributed by atoms with van der Waals surface area (Å²) in [6.45, 7) is 3.88. The van der Waals surface area contributed by atoms with Crippen LogP contribution >= 0.6 is 11.6 Å². The summed E-state index contributed by atoms with van der Waals surface area (Å²) in [5.74, 6) is 0.333. The predicted molar refractivity (Wildman–Crippen MR) is 147 cm³/mol. The molecule has 0 atom stereocenters. The summed E-state index contributed by atoms with van der Waals surface area (Å²) in [7, 11) is 3.02. The molecule has 0 bridgehead atoms. The van der Waals surface area contributed by atoms with Gasteiger partial charge in [-0.2, -0.15) is 23.4 Å². The number of benzene rings is 2. The van der Waals surface area contributed by atoms with E-state index in [9.17, 15) is 18.0 Å². The fourth-order valence-corrected chi connectivity index (χ4v) is 4.66. The van der Waals surface area contributed by atoms with E-state index < -0.39 is 23.5 Å². The van der Waals surface area contributed by atoms with Crippen molar-refractivity contribution in [2.24, 2.45) is 0 Å². The standard InChI is InChI=1S/C28H24ClF3N6O3/c1-15-24(16(2)37(35-15)14-17-7-5-9-19(11-17)40-3)34-27(39)25-23(29)26-33-21(18-8-6-10-20(12-18)41-4)13-22(28(30,31)32)38(26)36-25/h5-13H,14H2,1-4H3,(H,34,39). The Balaban J connectivity index is 1.51. The molecular weight excluding hydrogens is 561 g/mol. The second-order valence-corrected chi connectivity index (χ2v) is 9.54. The van der Waals surface area contributed by atoms with Crippen LogP contribution in [-0.4, -0.2) is 44.5 Å². The lowest BCUT2D eigenvalue weighted by Gasteiger charge is -2.11. The first-order valence-electron chi connectivity index (χ1n) is 12.3. The van der Waals surface area contributed by atoms with Gasteiger partial charge >= 0.3 is 6.18 Å². The van der Waals surface area contributed by atoms with Gasteiger partial charge in [-0.05, 0) is 49.7 Å². The first-order chi connectivity index (χ1) is 19.5. The number of carbonyl (C=O) groups excluding carboxylic acids is 1. The number of hydrogen-bond donors (Lipinski definition) is 1. The number of rotatable bonds is 7. The molecule has 212 valence electrons. The van der Waals surface area contributed by atoms with Gasteiger partial charge in [0.25, 0.3) is 5.91 Å². The second kappa shape index (κ2) is 10.8. The minimum absolute atomic E-state index is 0.0111. The van der Waals surface area contributed by atoms with Gasteiger partial charge in [0, 0.05) is 5.56 Å². The minimum Gasteiger partial charge on any atom is -0.497 e. The molecule has 9 nitrogen and oxygen atoms in total. The number of amides is 1. The Morgan fingerprint density at radius 3 is 2.37 bits per heavy atom. The molecule has 2 aromatic carbocycles. The highest BCUT2D eigenvalue weighted by atomic mass is 35.5. The number of carbonyl (C=O) groups is 1. The number of nitrogens with zero attached hydrogens (tertiary/aromatic N) is 5. The maximum atomic E-state index is 14.1. The van der Waals surface area contributed by atoms with Crippen molar-refractivity contribution < 1.29 is 27.4 Å². The number of ether oxygens (including phenoxy) is 2. The summed E-state index contributed by atoms with van der Waals surface area (Å²) in [5, 5.41) is 10.8. The Hall–Kier alpha value is -4.58. The van der Waals surface area contributed by atoms with Crippen molar-refractivity contribution in [1.29, 1.82) is 0 Å². The van der Waals surface area contributed by atoms with Crippen LogP contribution < -0.4 is 14.8 Å². The molecule has 1 amide bonds. The maximum absolute atomic E-state index is 14.1. The molecule has 1 N–H and O–H groups in total. The topological polar surface area (TPSA) is 95.6 Å². The van der Waals surface area contributed by atoms with Crippen molar-refractivity contribution in [3.8, 4) is 22.8 Å². The van der Waals surface area contributed by atoms with E-state index in [0.717, 1.165) is 11.6 Å². The summed E-state index contributed by atoms with van der Waals surface area (Å²) in [6.07, 6.45) is -4.81. The van der Waals surface area contributed by atoms with Crippen LogP contribution in [0.3, 0.4) is 0 Å². The Morgan fingerprint density at radius 1 is 1.00 bits per heavy atom. The van der Waals surface area contributed by atoms with Crippen molar-refractivity contribution in [3.05, 3.63) is 88.0 Å². The first kappa shape index (κ1) is 28.0. The number of methoxy groups -OCH3 is 2. The Morgan fingerprint density at radius 2 is 1.68 bits per heavy atom. The molecule has 5 aromatic rings. The van der Waals surface area contributed by atoms with E-state index in [1.165, 1.54) is 7.11 Å². The molecular formula is C28H24ClF3N6O3. The van der Waals surface area contributed by atoms with Crippen LogP contribution in [0.2, 0.25) is 5.02 Å². The largest absolute Gasteiger partial charge is 0.497 e. The summed E-state index contributed by atoms with van der Waals surface area (Å²) >= 11 is 6.45. The SMILES string of the molecule is COc1cccc(Cn2nc(C)c(NC(=O)c3nn4c(C(F)(F)F)cc(-c5cccc(OC)c5)nc4c3Cl)c2C)c1. The van der Waals surface area contributed by atoms with E-state index in [-0.39, 0.29) is 16.4 Å². The molecule has 0 radical (unpaired) electrons. The zero-order valence-electron chi connectivity index (χ0n) is 22.4. The molecule has 3 aromatic heterocycles. The Bertz CT molecular complexity index is 1780. The lowest BCUT2D eigenvalue weighted by Crippen LogP contribution is -2.16. The van der Waals surface area contributed by atoms with Crippen molar-refractivity contribution in [2.45, 2.75) is 26.6 Å². The molecule has 0 aliphatic rings. The molecule has 0 aliphatic heterocycles. The molecule has 0 saturated heterocycles. The van der Waals surface area contributed by atoms with Crippen LogP contribution in [0.4, 0.5) is 18.9 Å². The summed E-state index contributed by atoms with van der Waals surface area (Å²) in [6, 6.07) is 14.7. The van der Waals surface area contributed by atoms with E-state index in [0.29, 0.717) is 45.2 Å². The zero-order valence-corrected chi connectivity index (χ0v) is 23.1. The lowest BCUT2D eigenvalue weighted by molar-refractivity contribution is -0.142. The summed E-state index contributed by atoms with van der Waals surface area (Å²) < 4.78 is 55.0. The number of halogens is 4. The first-order valence-corrected chi connectivity index (χ1v) is 12.7.